The zero-order valence-corrected chi connectivity index (χ0v) is 10.7. The maximum atomic E-state index is 6.06. The van der Waals surface area contributed by atoms with Crippen LogP contribution in [0.2, 0.25) is 10.0 Å². The van der Waals surface area contributed by atoms with Crippen molar-refractivity contribution in [1.82, 2.24) is 5.43 Å². The van der Waals surface area contributed by atoms with Crippen LogP contribution in [0.1, 0.15) is 12.5 Å². The zero-order valence-electron chi connectivity index (χ0n) is 9.17. The standard InChI is InChI=1S/C11H16Cl2N2O/c1-2-16-7-10(15-14)6-8-5-9(12)3-4-11(8)13/h3-5,10,15H,2,6-7,14H2,1H3. The fourth-order valence-electron chi connectivity index (χ4n) is 1.39. The molecule has 1 aromatic rings. The minimum atomic E-state index is 0.0379. The molecule has 90 valence electrons. The molecule has 3 nitrogen and oxygen atoms in total. The second-order valence-corrected chi connectivity index (χ2v) is 4.31. The lowest BCUT2D eigenvalue weighted by molar-refractivity contribution is 0.123. The lowest BCUT2D eigenvalue weighted by Crippen LogP contribution is -2.40. The van der Waals surface area contributed by atoms with Crippen LogP contribution in [-0.4, -0.2) is 19.3 Å². The van der Waals surface area contributed by atoms with Crippen molar-refractivity contribution in [3.05, 3.63) is 33.8 Å². The van der Waals surface area contributed by atoms with E-state index < -0.39 is 0 Å². The van der Waals surface area contributed by atoms with Gasteiger partial charge in [-0.3, -0.25) is 11.3 Å². The summed E-state index contributed by atoms with van der Waals surface area (Å²) in [6, 6.07) is 5.44. The lowest BCUT2D eigenvalue weighted by atomic mass is 10.1. The van der Waals surface area contributed by atoms with Gasteiger partial charge in [-0.1, -0.05) is 23.2 Å². The van der Waals surface area contributed by atoms with Gasteiger partial charge in [-0.2, -0.15) is 0 Å². The van der Waals surface area contributed by atoms with Gasteiger partial charge in [0.2, 0.25) is 0 Å². The normalized spacial score (nSPS) is 12.8. The maximum Gasteiger partial charge on any atom is 0.0636 e. The molecule has 1 rings (SSSR count). The maximum absolute atomic E-state index is 6.06. The van der Waals surface area contributed by atoms with Gasteiger partial charge in [-0.25, -0.2) is 0 Å². The summed E-state index contributed by atoms with van der Waals surface area (Å²) in [6.45, 7) is 3.16. The Bertz CT molecular complexity index is 334. The summed E-state index contributed by atoms with van der Waals surface area (Å²) >= 11 is 12.0. The Morgan fingerprint density at radius 2 is 2.19 bits per heavy atom. The van der Waals surface area contributed by atoms with Crippen LogP contribution in [0.15, 0.2) is 18.2 Å². The van der Waals surface area contributed by atoms with Crippen LogP contribution in [0.4, 0.5) is 0 Å². The van der Waals surface area contributed by atoms with E-state index in [1.54, 1.807) is 12.1 Å². The van der Waals surface area contributed by atoms with Crippen LogP contribution < -0.4 is 11.3 Å². The Morgan fingerprint density at radius 3 is 2.81 bits per heavy atom. The van der Waals surface area contributed by atoms with Crippen molar-refractivity contribution >= 4 is 23.2 Å². The largest absolute Gasteiger partial charge is 0.380 e. The second kappa shape index (κ2) is 7.09. The predicted octanol–water partition coefficient (Wildman–Crippen LogP) is 2.40. The highest BCUT2D eigenvalue weighted by Gasteiger charge is 2.10. The number of rotatable bonds is 6. The Balaban J connectivity index is 2.65. The molecule has 0 aliphatic carbocycles. The van der Waals surface area contributed by atoms with Crippen LogP contribution in [0.5, 0.6) is 0 Å². The zero-order chi connectivity index (χ0) is 12.0. The van der Waals surface area contributed by atoms with Gasteiger partial charge < -0.3 is 4.74 Å². The van der Waals surface area contributed by atoms with Gasteiger partial charge in [0.25, 0.3) is 0 Å². The Kier molecular flexibility index (Phi) is 6.09. The van der Waals surface area contributed by atoms with Crippen molar-refractivity contribution in [2.24, 2.45) is 5.84 Å². The number of benzene rings is 1. The summed E-state index contributed by atoms with van der Waals surface area (Å²) in [7, 11) is 0. The number of nitrogens with one attached hydrogen (secondary N) is 1. The average molecular weight is 263 g/mol. The quantitative estimate of drug-likeness (QED) is 0.612. The molecule has 0 saturated heterocycles. The van der Waals surface area contributed by atoms with E-state index in [1.807, 2.05) is 13.0 Å². The van der Waals surface area contributed by atoms with Gasteiger partial charge in [-0.15, -0.1) is 0 Å². The highest BCUT2D eigenvalue weighted by molar-refractivity contribution is 6.33. The molecule has 0 spiro atoms. The number of hydrazine groups is 1. The van der Waals surface area contributed by atoms with Gasteiger partial charge in [0.1, 0.15) is 0 Å². The molecule has 0 aliphatic heterocycles. The van der Waals surface area contributed by atoms with E-state index >= 15 is 0 Å². The van der Waals surface area contributed by atoms with Crippen LogP contribution in [-0.2, 0) is 11.2 Å². The van der Waals surface area contributed by atoms with E-state index in [4.69, 9.17) is 33.8 Å². The van der Waals surface area contributed by atoms with E-state index in [9.17, 15) is 0 Å². The van der Waals surface area contributed by atoms with E-state index in [0.717, 1.165) is 5.56 Å². The third-order valence-corrected chi connectivity index (χ3v) is 2.84. The molecule has 0 aromatic heterocycles. The fourth-order valence-corrected chi connectivity index (χ4v) is 1.78. The molecule has 1 atom stereocenters. The number of hydrogen-bond acceptors (Lipinski definition) is 3. The van der Waals surface area contributed by atoms with E-state index in [-0.39, 0.29) is 6.04 Å². The smallest absolute Gasteiger partial charge is 0.0636 e. The Hall–Kier alpha value is -0.320. The van der Waals surface area contributed by atoms with Gasteiger partial charge in [0, 0.05) is 22.7 Å². The molecule has 0 aliphatic rings. The molecule has 0 bridgehead atoms. The second-order valence-electron chi connectivity index (χ2n) is 3.46. The monoisotopic (exact) mass is 262 g/mol. The fraction of sp³-hybridized carbons (Fsp3) is 0.455. The average Bonchev–Trinajstić information content (AvgIpc) is 2.28. The molecule has 0 saturated carbocycles. The Labute approximate surface area is 106 Å². The van der Waals surface area contributed by atoms with Gasteiger partial charge in [0.05, 0.1) is 6.61 Å². The summed E-state index contributed by atoms with van der Waals surface area (Å²) in [4.78, 5) is 0. The lowest BCUT2D eigenvalue weighted by Gasteiger charge is -2.16. The molecule has 0 amide bonds. The molecule has 3 N–H and O–H groups in total. The summed E-state index contributed by atoms with van der Waals surface area (Å²) in [5, 5.41) is 1.37. The molecule has 0 heterocycles. The van der Waals surface area contributed by atoms with E-state index in [2.05, 4.69) is 5.43 Å². The molecule has 1 aromatic carbocycles. The van der Waals surface area contributed by atoms with Crippen molar-refractivity contribution in [2.45, 2.75) is 19.4 Å². The molecular weight excluding hydrogens is 247 g/mol. The summed E-state index contributed by atoms with van der Waals surface area (Å²) < 4.78 is 5.31. The molecule has 16 heavy (non-hydrogen) atoms. The predicted molar refractivity (Wildman–Crippen MR) is 67.8 cm³/mol. The number of halogens is 2. The summed E-state index contributed by atoms with van der Waals surface area (Å²) in [5.74, 6) is 5.44. The summed E-state index contributed by atoms with van der Waals surface area (Å²) in [5.41, 5.74) is 3.67. The van der Waals surface area contributed by atoms with Crippen LogP contribution in [0, 0.1) is 0 Å². The van der Waals surface area contributed by atoms with Crippen molar-refractivity contribution in [3.63, 3.8) is 0 Å². The first-order valence-corrected chi connectivity index (χ1v) is 5.90. The van der Waals surface area contributed by atoms with Crippen LogP contribution >= 0.6 is 23.2 Å². The number of ether oxygens (including phenoxy) is 1. The minimum absolute atomic E-state index is 0.0379. The van der Waals surface area contributed by atoms with Crippen molar-refractivity contribution < 1.29 is 4.74 Å². The molecule has 0 fully saturated rings. The molecule has 5 heteroatoms. The summed E-state index contributed by atoms with van der Waals surface area (Å²) in [6.07, 6.45) is 0.690. The molecule has 0 radical (unpaired) electrons. The van der Waals surface area contributed by atoms with Crippen LogP contribution in [0.25, 0.3) is 0 Å². The number of hydrogen-bond donors (Lipinski definition) is 2. The third kappa shape index (κ3) is 4.28. The minimum Gasteiger partial charge on any atom is -0.380 e. The Morgan fingerprint density at radius 1 is 1.44 bits per heavy atom. The molecular formula is C11H16Cl2N2O. The molecule has 1 unspecified atom stereocenters. The first-order valence-electron chi connectivity index (χ1n) is 5.15. The topological polar surface area (TPSA) is 47.3 Å². The van der Waals surface area contributed by atoms with E-state index in [1.165, 1.54) is 0 Å². The highest BCUT2D eigenvalue weighted by Crippen LogP contribution is 2.21. The van der Waals surface area contributed by atoms with Gasteiger partial charge in [0.15, 0.2) is 0 Å². The van der Waals surface area contributed by atoms with Crippen molar-refractivity contribution in [2.75, 3.05) is 13.2 Å². The SMILES string of the molecule is CCOCC(Cc1cc(Cl)ccc1Cl)NN. The van der Waals surface area contributed by atoms with E-state index in [0.29, 0.717) is 29.7 Å². The van der Waals surface area contributed by atoms with Gasteiger partial charge in [-0.05, 0) is 37.1 Å². The first-order chi connectivity index (χ1) is 7.67. The van der Waals surface area contributed by atoms with Crippen molar-refractivity contribution in [3.8, 4) is 0 Å². The van der Waals surface area contributed by atoms with Crippen LogP contribution in [0.3, 0.4) is 0 Å². The van der Waals surface area contributed by atoms with Crippen molar-refractivity contribution in [1.29, 1.82) is 0 Å². The highest BCUT2D eigenvalue weighted by atomic mass is 35.5. The third-order valence-electron chi connectivity index (χ3n) is 2.23. The van der Waals surface area contributed by atoms with Gasteiger partial charge >= 0.3 is 0 Å². The number of nitrogens with two attached hydrogens (primary N) is 1. The first kappa shape index (κ1) is 13.7.